The normalized spacial score (nSPS) is 10.3. The summed E-state index contributed by atoms with van der Waals surface area (Å²) in [7, 11) is 3.86. The maximum atomic E-state index is 12.8. The zero-order chi connectivity index (χ0) is 18.9. The number of rotatable bonds is 8. The third-order valence-electron chi connectivity index (χ3n) is 3.42. The Morgan fingerprint density at radius 3 is 2.35 bits per heavy atom. The van der Waals surface area contributed by atoms with Crippen molar-refractivity contribution < 1.29 is 18.7 Å². The van der Waals surface area contributed by atoms with Gasteiger partial charge in [0.1, 0.15) is 5.82 Å². The van der Waals surface area contributed by atoms with E-state index in [1.165, 1.54) is 23.9 Å². The van der Waals surface area contributed by atoms with Gasteiger partial charge in [0.05, 0.1) is 6.42 Å². The molecule has 2 aromatic rings. The van der Waals surface area contributed by atoms with Gasteiger partial charge < -0.3 is 15.0 Å². The fourth-order valence-corrected chi connectivity index (χ4v) is 2.87. The van der Waals surface area contributed by atoms with Crippen molar-refractivity contribution in [2.45, 2.75) is 11.3 Å². The van der Waals surface area contributed by atoms with E-state index in [4.69, 9.17) is 4.74 Å². The first-order valence-corrected chi connectivity index (χ1v) is 9.04. The number of esters is 1. The van der Waals surface area contributed by atoms with Gasteiger partial charge in [-0.15, -0.1) is 11.8 Å². The Labute approximate surface area is 156 Å². The number of hydrogen-bond donors (Lipinski definition) is 1. The molecule has 0 saturated heterocycles. The molecular formula is C19H21FN2O3S. The molecule has 0 radical (unpaired) electrons. The number of benzene rings is 2. The summed E-state index contributed by atoms with van der Waals surface area (Å²) in [5.41, 5.74) is 1.66. The predicted octanol–water partition coefficient (Wildman–Crippen LogP) is 3.56. The molecule has 138 valence electrons. The van der Waals surface area contributed by atoms with Crippen molar-refractivity contribution >= 4 is 35.0 Å². The SMILES string of the molecule is CN(C)c1ccc(NC(=O)COC(=O)CCSc2ccc(F)cc2)cc1. The van der Waals surface area contributed by atoms with Gasteiger partial charge in [-0.05, 0) is 48.5 Å². The molecule has 0 fully saturated rings. The molecule has 0 aliphatic carbocycles. The van der Waals surface area contributed by atoms with Gasteiger partial charge in [-0.25, -0.2) is 4.39 Å². The fourth-order valence-electron chi connectivity index (χ4n) is 2.04. The number of halogens is 1. The van der Waals surface area contributed by atoms with Crippen LogP contribution in [-0.4, -0.2) is 38.3 Å². The molecule has 0 aromatic heterocycles. The van der Waals surface area contributed by atoms with E-state index in [0.717, 1.165) is 10.6 Å². The summed E-state index contributed by atoms with van der Waals surface area (Å²) in [4.78, 5) is 26.3. The van der Waals surface area contributed by atoms with Crippen LogP contribution in [0.25, 0.3) is 0 Å². The molecule has 0 saturated carbocycles. The second-order valence-electron chi connectivity index (χ2n) is 5.70. The van der Waals surface area contributed by atoms with Gasteiger partial charge in [0.25, 0.3) is 5.91 Å². The lowest BCUT2D eigenvalue weighted by atomic mass is 10.2. The van der Waals surface area contributed by atoms with Gasteiger partial charge >= 0.3 is 5.97 Å². The average molecular weight is 376 g/mol. The first-order valence-electron chi connectivity index (χ1n) is 8.05. The third kappa shape index (κ3) is 6.76. The molecule has 2 rings (SSSR count). The van der Waals surface area contributed by atoms with Crippen LogP contribution < -0.4 is 10.2 Å². The quantitative estimate of drug-likeness (QED) is 0.564. The van der Waals surface area contributed by atoms with Gasteiger partial charge in [-0.3, -0.25) is 9.59 Å². The van der Waals surface area contributed by atoms with Gasteiger partial charge in [-0.2, -0.15) is 0 Å². The Morgan fingerprint density at radius 2 is 1.73 bits per heavy atom. The fraction of sp³-hybridized carbons (Fsp3) is 0.263. The molecule has 0 spiro atoms. The van der Waals surface area contributed by atoms with E-state index in [0.29, 0.717) is 11.4 Å². The van der Waals surface area contributed by atoms with Crippen molar-refractivity contribution in [3.8, 4) is 0 Å². The summed E-state index contributed by atoms with van der Waals surface area (Å²) >= 11 is 1.43. The summed E-state index contributed by atoms with van der Waals surface area (Å²) < 4.78 is 17.8. The first-order chi connectivity index (χ1) is 12.4. The van der Waals surface area contributed by atoms with E-state index in [9.17, 15) is 14.0 Å². The van der Waals surface area contributed by atoms with Crippen LogP contribution in [0.1, 0.15) is 6.42 Å². The summed E-state index contributed by atoms with van der Waals surface area (Å²) in [5, 5.41) is 2.68. The first kappa shape index (κ1) is 19.8. The minimum atomic E-state index is -0.447. The molecule has 1 N–H and O–H groups in total. The molecule has 1 amide bonds. The molecule has 0 heterocycles. The number of nitrogens with one attached hydrogen (secondary N) is 1. The van der Waals surface area contributed by atoms with Crippen molar-refractivity contribution in [2.24, 2.45) is 0 Å². The Bertz CT molecular complexity index is 733. The lowest BCUT2D eigenvalue weighted by Crippen LogP contribution is -2.21. The maximum Gasteiger partial charge on any atom is 0.307 e. The lowest BCUT2D eigenvalue weighted by molar-refractivity contribution is -0.146. The summed E-state index contributed by atoms with van der Waals surface area (Å²) in [5.74, 6) is -0.631. The van der Waals surface area contributed by atoms with E-state index in [1.54, 1.807) is 24.3 Å². The second kappa shape index (κ2) is 9.82. The summed E-state index contributed by atoms with van der Waals surface area (Å²) in [6.45, 7) is -0.324. The maximum absolute atomic E-state index is 12.8. The van der Waals surface area contributed by atoms with Crippen LogP contribution in [0.4, 0.5) is 15.8 Å². The smallest absolute Gasteiger partial charge is 0.307 e. The van der Waals surface area contributed by atoms with Crippen molar-refractivity contribution in [1.29, 1.82) is 0 Å². The molecule has 0 atom stereocenters. The monoisotopic (exact) mass is 376 g/mol. The Kier molecular flexibility index (Phi) is 7.47. The van der Waals surface area contributed by atoms with Crippen LogP contribution in [0.2, 0.25) is 0 Å². The van der Waals surface area contributed by atoms with Crippen molar-refractivity contribution in [3.05, 3.63) is 54.3 Å². The van der Waals surface area contributed by atoms with Crippen LogP contribution in [0.15, 0.2) is 53.4 Å². The molecule has 5 nitrogen and oxygen atoms in total. The minimum Gasteiger partial charge on any atom is -0.456 e. The minimum absolute atomic E-state index is 0.173. The van der Waals surface area contributed by atoms with Gasteiger partial charge in [-0.1, -0.05) is 0 Å². The van der Waals surface area contributed by atoms with Crippen LogP contribution in [0.3, 0.4) is 0 Å². The van der Waals surface area contributed by atoms with Gasteiger partial charge in [0.2, 0.25) is 0 Å². The number of carbonyl (C=O) groups excluding carboxylic acids is 2. The highest BCUT2D eigenvalue weighted by Crippen LogP contribution is 2.19. The van der Waals surface area contributed by atoms with Gasteiger partial charge in [0, 0.05) is 36.1 Å². The molecular weight excluding hydrogens is 355 g/mol. The largest absolute Gasteiger partial charge is 0.456 e. The number of thioether (sulfide) groups is 1. The Balaban J connectivity index is 1.66. The predicted molar refractivity (Wildman–Crippen MR) is 102 cm³/mol. The highest BCUT2D eigenvalue weighted by molar-refractivity contribution is 7.99. The van der Waals surface area contributed by atoms with Gasteiger partial charge in [0.15, 0.2) is 6.61 Å². The molecule has 26 heavy (non-hydrogen) atoms. The molecule has 7 heteroatoms. The van der Waals surface area contributed by atoms with E-state index >= 15 is 0 Å². The van der Waals surface area contributed by atoms with E-state index in [1.807, 2.05) is 31.1 Å². The topological polar surface area (TPSA) is 58.6 Å². The zero-order valence-electron chi connectivity index (χ0n) is 14.7. The highest BCUT2D eigenvalue weighted by atomic mass is 32.2. The standard InChI is InChI=1S/C19H21FN2O3S/c1-22(2)16-7-5-15(6-8-16)21-18(23)13-25-19(24)11-12-26-17-9-3-14(20)4-10-17/h3-10H,11-13H2,1-2H3,(H,21,23). The Hall–Kier alpha value is -2.54. The van der Waals surface area contributed by atoms with Crippen LogP contribution in [-0.2, 0) is 14.3 Å². The average Bonchev–Trinajstić information content (AvgIpc) is 2.62. The van der Waals surface area contributed by atoms with Crippen LogP contribution >= 0.6 is 11.8 Å². The molecule has 2 aromatic carbocycles. The summed E-state index contributed by atoms with van der Waals surface area (Å²) in [6.07, 6.45) is 0.173. The number of anilines is 2. The van der Waals surface area contributed by atoms with Crippen molar-refractivity contribution in [2.75, 3.05) is 36.7 Å². The molecule has 0 aliphatic rings. The van der Waals surface area contributed by atoms with Crippen LogP contribution in [0.5, 0.6) is 0 Å². The molecule has 0 aliphatic heterocycles. The highest BCUT2D eigenvalue weighted by Gasteiger charge is 2.08. The number of carbonyl (C=O) groups is 2. The van der Waals surface area contributed by atoms with E-state index in [2.05, 4.69) is 5.32 Å². The second-order valence-corrected chi connectivity index (χ2v) is 6.87. The lowest BCUT2D eigenvalue weighted by Gasteiger charge is -2.13. The van der Waals surface area contributed by atoms with Crippen molar-refractivity contribution in [3.63, 3.8) is 0 Å². The molecule has 0 bridgehead atoms. The number of ether oxygens (including phenoxy) is 1. The number of nitrogens with zero attached hydrogens (tertiary/aromatic N) is 1. The Morgan fingerprint density at radius 1 is 1.08 bits per heavy atom. The van der Waals surface area contributed by atoms with E-state index < -0.39 is 5.97 Å². The summed E-state index contributed by atoms with van der Waals surface area (Å²) in [6, 6.07) is 13.4. The van der Waals surface area contributed by atoms with E-state index in [-0.39, 0.29) is 24.8 Å². The zero-order valence-corrected chi connectivity index (χ0v) is 15.5. The van der Waals surface area contributed by atoms with Crippen molar-refractivity contribution in [1.82, 2.24) is 0 Å². The molecule has 0 unspecified atom stereocenters. The van der Waals surface area contributed by atoms with Crippen LogP contribution in [0, 0.1) is 5.82 Å². The number of hydrogen-bond acceptors (Lipinski definition) is 5. The third-order valence-corrected chi connectivity index (χ3v) is 4.43. The number of amides is 1.